The molecule has 0 radical (unpaired) electrons. The van der Waals surface area contributed by atoms with Crippen molar-refractivity contribution in [3.05, 3.63) is 18.0 Å². The van der Waals surface area contributed by atoms with Crippen LogP contribution in [-0.2, 0) is 21.3 Å². The average molecular weight is 334 g/mol. The summed E-state index contributed by atoms with van der Waals surface area (Å²) in [6, 6.07) is 1.85. The maximum atomic E-state index is 12.2. The number of fused-ring (bicyclic) bond motifs is 1. The van der Waals surface area contributed by atoms with Crippen molar-refractivity contribution in [3.63, 3.8) is 0 Å². The maximum Gasteiger partial charge on any atom is 0.356 e. The highest BCUT2D eigenvalue weighted by Gasteiger charge is 2.24. The Kier molecular flexibility index (Phi) is 5.75. The van der Waals surface area contributed by atoms with Gasteiger partial charge < -0.3 is 24.7 Å². The Balaban J connectivity index is 2.57. The SMILES string of the molecule is CCCNc1cnc2c(c1)c(NC(=O)COC)c(C(=O)OC)n2C. The predicted molar refractivity (Wildman–Crippen MR) is 91.3 cm³/mol. The Hall–Kier alpha value is -2.61. The monoisotopic (exact) mass is 334 g/mol. The third-order valence-corrected chi connectivity index (χ3v) is 3.52. The van der Waals surface area contributed by atoms with Gasteiger partial charge in [0.05, 0.1) is 24.7 Å². The van der Waals surface area contributed by atoms with Crippen molar-refractivity contribution in [2.75, 3.05) is 38.0 Å². The lowest BCUT2D eigenvalue weighted by molar-refractivity contribution is -0.119. The number of anilines is 2. The summed E-state index contributed by atoms with van der Waals surface area (Å²) >= 11 is 0. The number of ether oxygens (including phenoxy) is 2. The molecule has 0 bridgehead atoms. The molecule has 24 heavy (non-hydrogen) atoms. The van der Waals surface area contributed by atoms with Gasteiger partial charge in [0.15, 0.2) is 5.69 Å². The number of amides is 1. The maximum absolute atomic E-state index is 12.2. The zero-order valence-corrected chi connectivity index (χ0v) is 14.3. The molecule has 0 aromatic carbocycles. The molecule has 0 atom stereocenters. The summed E-state index contributed by atoms with van der Waals surface area (Å²) < 4.78 is 11.3. The molecule has 0 spiro atoms. The van der Waals surface area contributed by atoms with Crippen molar-refractivity contribution >= 4 is 34.3 Å². The minimum absolute atomic E-state index is 0.113. The minimum Gasteiger partial charge on any atom is -0.464 e. The molecule has 1 amide bonds. The zero-order valence-electron chi connectivity index (χ0n) is 14.3. The molecule has 0 aliphatic rings. The molecular weight excluding hydrogens is 312 g/mol. The van der Waals surface area contributed by atoms with E-state index in [2.05, 4.69) is 22.5 Å². The van der Waals surface area contributed by atoms with Gasteiger partial charge in [-0.25, -0.2) is 9.78 Å². The molecule has 0 aliphatic heterocycles. The lowest BCUT2D eigenvalue weighted by atomic mass is 10.2. The largest absolute Gasteiger partial charge is 0.464 e. The van der Waals surface area contributed by atoms with E-state index >= 15 is 0 Å². The number of nitrogens with zero attached hydrogens (tertiary/aromatic N) is 2. The van der Waals surface area contributed by atoms with Crippen LogP contribution in [0.3, 0.4) is 0 Å². The topological polar surface area (TPSA) is 94.5 Å². The Bertz CT molecular complexity index is 754. The molecule has 8 heteroatoms. The zero-order chi connectivity index (χ0) is 17.7. The fourth-order valence-corrected chi connectivity index (χ4v) is 2.44. The molecular formula is C16H22N4O4. The smallest absolute Gasteiger partial charge is 0.356 e. The summed E-state index contributed by atoms with van der Waals surface area (Å²) in [6.07, 6.45) is 2.66. The van der Waals surface area contributed by atoms with E-state index in [0.717, 1.165) is 18.7 Å². The van der Waals surface area contributed by atoms with Gasteiger partial charge in [0, 0.05) is 26.1 Å². The van der Waals surface area contributed by atoms with E-state index in [4.69, 9.17) is 9.47 Å². The summed E-state index contributed by atoms with van der Waals surface area (Å²) in [4.78, 5) is 28.5. The number of esters is 1. The molecule has 0 fully saturated rings. The van der Waals surface area contributed by atoms with Crippen molar-refractivity contribution in [1.82, 2.24) is 9.55 Å². The fraction of sp³-hybridized carbons (Fsp3) is 0.438. The van der Waals surface area contributed by atoms with Crippen LogP contribution in [0.5, 0.6) is 0 Å². The lowest BCUT2D eigenvalue weighted by Crippen LogP contribution is -2.19. The predicted octanol–water partition coefficient (Wildman–Crippen LogP) is 1.77. The molecule has 2 N–H and O–H groups in total. The second-order valence-corrected chi connectivity index (χ2v) is 5.28. The number of aromatic nitrogens is 2. The number of rotatable bonds is 7. The molecule has 0 saturated heterocycles. The molecule has 2 aromatic heterocycles. The van der Waals surface area contributed by atoms with Gasteiger partial charge in [-0.2, -0.15) is 0 Å². The molecule has 2 heterocycles. The molecule has 2 rings (SSSR count). The third-order valence-electron chi connectivity index (χ3n) is 3.52. The molecule has 2 aromatic rings. The van der Waals surface area contributed by atoms with Gasteiger partial charge in [0.25, 0.3) is 0 Å². The van der Waals surface area contributed by atoms with E-state index in [-0.39, 0.29) is 18.2 Å². The summed E-state index contributed by atoms with van der Waals surface area (Å²) in [5.41, 5.74) is 1.99. The van der Waals surface area contributed by atoms with Crippen LogP contribution in [0.25, 0.3) is 11.0 Å². The van der Waals surface area contributed by atoms with Crippen molar-refractivity contribution in [3.8, 4) is 0 Å². The summed E-state index contributed by atoms with van der Waals surface area (Å²) in [5, 5.41) is 6.62. The van der Waals surface area contributed by atoms with Gasteiger partial charge in [0.2, 0.25) is 5.91 Å². The van der Waals surface area contributed by atoms with Gasteiger partial charge in [0.1, 0.15) is 12.3 Å². The number of methoxy groups -OCH3 is 2. The molecule has 0 aliphatic carbocycles. The van der Waals surface area contributed by atoms with E-state index in [1.54, 1.807) is 17.8 Å². The Morgan fingerprint density at radius 1 is 1.33 bits per heavy atom. The number of pyridine rings is 1. The molecule has 130 valence electrons. The van der Waals surface area contributed by atoms with Crippen LogP contribution in [0.15, 0.2) is 12.3 Å². The van der Waals surface area contributed by atoms with E-state index in [9.17, 15) is 9.59 Å². The highest BCUT2D eigenvalue weighted by Crippen LogP contribution is 2.31. The Labute approximate surface area is 140 Å². The number of carbonyl (C=O) groups is 2. The van der Waals surface area contributed by atoms with Gasteiger partial charge in [-0.15, -0.1) is 0 Å². The Morgan fingerprint density at radius 3 is 2.71 bits per heavy atom. The number of hydrogen-bond donors (Lipinski definition) is 2. The molecule has 8 nitrogen and oxygen atoms in total. The first-order valence-corrected chi connectivity index (χ1v) is 7.62. The fourth-order valence-electron chi connectivity index (χ4n) is 2.44. The average Bonchev–Trinajstić information content (AvgIpc) is 2.84. The van der Waals surface area contributed by atoms with Crippen LogP contribution in [0.1, 0.15) is 23.8 Å². The van der Waals surface area contributed by atoms with Gasteiger partial charge in [-0.05, 0) is 12.5 Å². The van der Waals surface area contributed by atoms with Crippen molar-refractivity contribution < 1.29 is 19.1 Å². The summed E-state index contributed by atoms with van der Waals surface area (Å²) in [6.45, 7) is 2.75. The minimum atomic E-state index is -0.550. The molecule has 0 saturated carbocycles. The van der Waals surface area contributed by atoms with Crippen LogP contribution in [0.4, 0.5) is 11.4 Å². The normalized spacial score (nSPS) is 10.7. The highest BCUT2D eigenvalue weighted by atomic mass is 16.5. The van der Waals surface area contributed by atoms with Crippen molar-refractivity contribution in [2.45, 2.75) is 13.3 Å². The van der Waals surface area contributed by atoms with Gasteiger partial charge in [-0.1, -0.05) is 6.92 Å². The van der Waals surface area contributed by atoms with E-state index in [1.165, 1.54) is 14.2 Å². The van der Waals surface area contributed by atoms with Crippen LogP contribution in [0.2, 0.25) is 0 Å². The second kappa shape index (κ2) is 7.78. The first-order valence-electron chi connectivity index (χ1n) is 7.62. The lowest BCUT2D eigenvalue weighted by Gasteiger charge is -2.07. The van der Waals surface area contributed by atoms with Crippen LogP contribution < -0.4 is 10.6 Å². The standard InChI is InChI=1S/C16H22N4O4/c1-5-6-17-10-7-11-13(19-12(21)9-23-3)14(16(22)24-4)20(2)15(11)18-8-10/h7-8,17H,5-6,9H2,1-4H3,(H,19,21). The van der Waals surface area contributed by atoms with Gasteiger partial charge >= 0.3 is 5.97 Å². The quantitative estimate of drug-likeness (QED) is 0.749. The van der Waals surface area contributed by atoms with E-state index < -0.39 is 5.97 Å². The first-order chi connectivity index (χ1) is 11.5. The van der Waals surface area contributed by atoms with E-state index in [0.29, 0.717) is 16.7 Å². The number of aryl methyl sites for hydroxylation is 1. The number of hydrogen-bond acceptors (Lipinski definition) is 6. The molecule has 0 unspecified atom stereocenters. The van der Waals surface area contributed by atoms with Gasteiger partial charge in [-0.3, -0.25) is 4.79 Å². The summed E-state index contributed by atoms with van der Waals surface area (Å²) in [7, 11) is 4.42. The first kappa shape index (κ1) is 17.7. The summed E-state index contributed by atoms with van der Waals surface area (Å²) in [5.74, 6) is -0.909. The van der Waals surface area contributed by atoms with Crippen LogP contribution in [-0.4, -0.2) is 48.8 Å². The number of carbonyl (C=O) groups excluding carboxylic acids is 2. The van der Waals surface area contributed by atoms with Crippen molar-refractivity contribution in [1.29, 1.82) is 0 Å². The third kappa shape index (κ3) is 3.48. The number of nitrogens with one attached hydrogen (secondary N) is 2. The van der Waals surface area contributed by atoms with Crippen molar-refractivity contribution in [2.24, 2.45) is 7.05 Å². The second-order valence-electron chi connectivity index (χ2n) is 5.28. The van der Waals surface area contributed by atoms with Crippen LogP contribution >= 0.6 is 0 Å². The highest BCUT2D eigenvalue weighted by molar-refractivity contribution is 6.11. The van der Waals surface area contributed by atoms with E-state index in [1.807, 2.05) is 6.07 Å². The van der Waals surface area contributed by atoms with Crippen LogP contribution in [0, 0.1) is 0 Å². The Morgan fingerprint density at radius 2 is 2.08 bits per heavy atom.